The molecule has 0 radical (unpaired) electrons. The van der Waals surface area contributed by atoms with Crippen molar-refractivity contribution in [1.29, 1.82) is 0 Å². The Morgan fingerprint density at radius 2 is 2.13 bits per heavy atom. The topological polar surface area (TPSA) is 41.6 Å². The van der Waals surface area contributed by atoms with Gasteiger partial charge < -0.3 is 15.0 Å². The third-order valence-electron chi connectivity index (χ3n) is 3.72. The molecule has 0 aliphatic carbocycles. The maximum absolute atomic E-state index is 11.9. The van der Waals surface area contributed by atoms with Gasteiger partial charge in [0.15, 0.2) is 0 Å². The van der Waals surface area contributed by atoms with E-state index in [0.29, 0.717) is 12.6 Å². The number of fused-ring (bicyclic) bond motifs is 1. The predicted molar refractivity (Wildman–Crippen MR) is 96.0 cm³/mol. The molecule has 4 nitrogen and oxygen atoms in total. The van der Waals surface area contributed by atoms with E-state index in [4.69, 9.17) is 4.74 Å². The molecule has 128 valence electrons. The SMILES string of the molecule is CN(CCCNC1CCSc2ccccc21)C(=O)OC(C)(C)C. The lowest BCUT2D eigenvalue weighted by Gasteiger charge is -2.27. The number of amides is 1. The van der Waals surface area contributed by atoms with E-state index in [-0.39, 0.29) is 6.09 Å². The molecule has 1 N–H and O–H groups in total. The van der Waals surface area contributed by atoms with Crippen molar-refractivity contribution in [3.05, 3.63) is 29.8 Å². The molecule has 23 heavy (non-hydrogen) atoms. The van der Waals surface area contributed by atoms with Crippen LogP contribution in [-0.2, 0) is 4.74 Å². The molecule has 1 unspecified atom stereocenters. The van der Waals surface area contributed by atoms with Gasteiger partial charge in [-0.3, -0.25) is 0 Å². The van der Waals surface area contributed by atoms with Gasteiger partial charge in [-0.2, -0.15) is 0 Å². The number of nitrogens with zero attached hydrogens (tertiary/aromatic N) is 1. The molecule has 0 saturated heterocycles. The molecule has 1 amide bonds. The van der Waals surface area contributed by atoms with Crippen LogP contribution in [0.2, 0.25) is 0 Å². The zero-order valence-corrected chi connectivity index (χ0v) is 15.4. The normalized spacial score (nSPS) is 17.5. The molecule has 0 saturated carbocycles. The van der Waals surface area contributed by atoms with Gasteiger partial charge in [0, 0.05) is 24.5 Å². The number of hydrogen-bond acceptors (Lipinski definition) is 4. The summed E-state index contributed by atoms with van der Waals surface area (Å²) >= 11 is 1.94. The smallest absolute Gasteiger partial charge is 0.410 e. The van der Waals surface area contributed by atoms with Gasteiger partial charge in [-0.1, -0.05) is 18.2 Å². The fraction of sp³-hybridized carbons (Fsp3) is 0.611. The first kappa shape index (κ1) is 18.1. The van der Waals surface area contributed by atoms with Crippen molar-refractivity contribution in [2.24, 2.45) is 0 Å². The van der Waals surface area contributed by atoms with E-state index in [0.717, 1.165) is 25.1 Å². The average Bonchev–Trinajstić information content (AvgIpc) is 2.49. The summed E-state index contributed by atoms with van der Waals surface area (Å²) in [4.78, 5) is 14.9. The Morgan fingerprint density at radius 1 is 1.39 bits per heavy atom. The zero-order chi connectivity index (χ0) is 16.9. The molecule has 1 aliphatic heterocycles. The summed E-state index contributed by atoms with van der Waals surface area (Å²) in [7, 11) is 1.79. The quantitative estimate of drug-likeness (QED) is 0.823. The van der Waals surface area contributed by atoms with Crippen molar-refractivity contribution in [3.63, 3.8) is 0 Å². The molecule has 0 fully saturated rings. The molecule has 0 aromatic heterocycles. The highest BCUT2D eigenvalue weighted by atomic mass is 32.2. The molecule has 5 heteroatoms. The monoisotopic (exact) mass is 336 g/mol. The minimum Gasteiger partial charge on any atom is -0.444 e. The largest absolute Gasteiger partial charge is 0.444 e. The molecule has 2 rings (SSSR count). The van der Waals surface area contributed by atoms with Crippen LogP contribution in [0.25, 0.3) is 0 Å². The van der Waals surface area contributed by atoms with Gasteiger partial charge in [-0.25, -0.2) is 4.79 Å². The molecular formula is C18H28N2O2S. The van der Waals surface area contributed by atoms with Crippen molar-refractivity contribution in [3.8, 4) is 0 Å². The zero-order valence-electron chi connectivity index (χ0n) is 14.6. The molecular weight excluding hydrogens is 308 g/mol. The second kappa shape index (κ2) is 8.06. The number of thioether (sulfide) groups is 1. The van der Waals surface area contributed by atoms with Gasteiger partial charge in [-0.05, 0) is 57.5 Å². The van der Waals surface area contributed by atoms with Gasteiger partial charge in [-0.15, -0.1) is 11.8 Å². The lowest BCUT2D eigenvalue weighted by molar-refractivity contribution is 0.0297. The first-order valence-electron chi connectivity index (χ1n) is 8.26. The Labute approximate surface area is 144 Å². The minimum atomic E-state index is -0.437. The van der Waals surface area contributed by atoms with E-state index in [9.17, 15) is 4.79 Å². The Balaban J connectivity index is 1.73. The van der Waals surface area contributed by atoms with Crippen LogP contribution >= 0.6 is 11.8 Å². The fourth-order valence-electron chi connectivity index (χ4n) is 2.58. The van der Waals surface area contributed by atoms with Crippen LogP contribution in [0, 0.1) is 0 Å². The Bertz CT molecular complexity index is 528. The van der Waals surface area contributed by atoms with Crippen LogP contribution in [0.15, 0.2) is 29.2 Å². The lowest BCUT2D eigenvalue weighted by Crippen LogP contribution is -2.36. The predicted octanol–water partition coefficient (Wildman–Crippen LogP) is 4.07. The summed E-state index contributed by atoms with van der Waals surface area (Å²) in [5.74, 6) is 1.16. The number of ether oxygens (including phenoxy) is 1. The number of hydrogen-bond donors (Lipinski definition) is 1. The van der Waals surface area contributed by atoms with Gasteiger partial charge in [0.1, 0.15) is 5.60 Å². The Hall–Kier alpha value is -1.20. The Morgan fingerprint density at radius 3 is 2.87 bits per heavy atom. The maximum Gasteiger partial charge on any atom is 0.410 e. The van der Waals surface area contributed by atoms with E-state index in [2.05, 4.69) is 29.6 Å². The van der Waals surface area contributed by atoms with Crippen molar-refractivity contribution < 1.29 is 9.53 Å². The third-order valence-corrected chi connectivity index (χ3v) is 4.85. The summed E-state index contributed by atoms with van der Waals surface area (Å²) in [6.45, 7) is 7.26. The van der Waals surface area contributed by atoms with Crippen LogP contribution < -0.4 is 5.32 Å². The summed E-state index contributed by atoms with van der Waals surface area (Å²) in [5, 5.41) is 3.63. The minimum absolute atomic E-state index is 0.253. The molecule has 1 heterocycles. The molecule has 1 aromatic carbocycles. The molecule has 1 aliphatic rings. The van der Waals surface area contributed by atoms with Crippen molar-refractivity contribution in [1.82, 2.24) is 10.2 Å². The van der Waals surface area contributed by atoms with Crippen LogP contribution in [0.4, 0.5) is 4.79 Å². The second-order valence-corrected chi connectivity index (χ2v) is 8.07. The lowest BCUT2D eigenvalue weighted by atomic mass is 10.0. The summed E-state index contributed by atoms with van der Waals surface area (Å²) in [6.07, 6.45) is 1.82. The fourth-order valence-corrected chi connectivity index (χ4v) is 3.70. The van der Waals surface area contributed by atoms with Gasteiger partial charge in [0.25, 0.3) is 0 Å². The first-order chi connectivity index (χ1) is 10.9. The van der Waals surface area contributed by atoms with Gasteiger partial charge in [0.2, 0.25) is 0 Å². The van der Waals surface area contributed by atoms with Crippen molar-refractivity contribution >= 4 is 17.9 Å². The number of carbonyl (C=O) groups is 1. The van der Waals surface area contributed by atoms with E-state index >= 15 is 0 Å². The summed E-state index contributed by atoms with van der Waals surface area (Å²) < 4.78 is 5.36. The van der Waals surface area contributed by atoms with Crippen LogP contribution in [0.5, 0.6) is 0 Å². The highest BCUT2D eigenvalue weighted by Crippen LogP contribution is 2.35. The third kappa shape index (κ3) is 5.74. The molecule has 1 atom stereocenters. The first-order valence-corrected chi connectivity index (χ1v) is 9.24. The van der Waals surface area contributed by atoms with Crippen molar-refractivity contribution in [2.75, 3.05) is 25.9 Å². The number of rotatable bonds is 5. The van der Waals surface area contributed by atoms with E-state index in [1.54, 1.807) is 11.9 Å². The van der Waals surface area contributed by atoms with Crippen LogP contribution in [0.1, 0.15) is 45.2 Å². The number of benzene rings is 1. The maximum atomic E-state index is 11.9. The van der Waals surface area contributed by atoms with E-state index < -0.39 is 5.60 Å². The molecule has 0 spiro atoms. The number of nitrogens with one attached hydrogen (secondary N) is 1. The summed E-state index contributed by atoms with van der Waals surface area (Å²) in [5.41, 5.74) is 0.969. The summed E-state index contributed by atoms with van der Waals surface area (Å²) in [6, 6.07) is 9.05. The van der Waals surface area contributed by atoms with Crippen LogP contribution in [-0.4, -0.2) is 42.5 Å². The second-order valence-electron chi connectivity index (χ2n) is 6.94. The average molecular weight is 337 g/mol. The van der Waals surface area contributed by atoms with Gasteiger partial charge in [0.05, 0.1) is 0 Å². The van der Waals surface area contributed by atoms with E-state index in [1.165, 1.54) is 10.5 Å². The van der Waals surface area contributed by atoms with Crippen LogP contribution in [0.3, 0.4) is 0 Å². The Kier molecular flexibility index (Phi) is 6.36. The van der Waals surface area contributed by atoms with Crippen molar-refractivity contribution in [2.45, 2.75) is 50.2 Å². The number of carbonyl (C=O) groups excluding carboxylic acids is 1. The highest BCUT2D eigenvalue weighted by Gasteiger charge is 2.21. The van der Waals surface area contributed by atoms with E-state index in [1.807, 2.05) is 32.5 Å². The van der Waals surface area contributed by atoms with Gasteiger partial charge >= 0.3 is 6.09 Å². The standard InChI is InChI=1S/C18H28N2O2S/c1-18(2,3)22-17(21)20(4)12-7-11-19-15-10-13-23-16-9-6-5-8-14(15)16/h5-6,8-9,15,19H,7,10-13H2,1-4H3. The molecule has 0 bridgehead atoms. The highest BCUT2D eigenvalue weighted by molar-refractivity contribution is 7.99. The molecule has 1 aromatic rings.